The second-order valence-corrected chi connectivity index (χ2v) is 12.4. The second kappa shape index (κ2) is 28.6. The molecule has 0 aliphatic heterocycles. The van der Waals surface area contributed by atoms with Crippen molar-refractivity contribution in [2.75, 3.05) is 6.61 Å². The highest BCUT2D eigenvalue weighted by Gasteiger charge is 2.20. The van der Waals surface area contributed by atoms with Crippen molar-refractivity contribution in [3.8, 4) is 0 Å². The third kappa shape index (κ3) is 23.9. The van der Waals surface area contributed by atoms with Gasteiger partial charge in [0, 0.05) is 12.0 Å². The van der Waals surface area contributed by atoms with E-state index >= 15 is 0 Å². The summed E-state index contributed by atoms with van der Waals surface area (Å²) in [5.41, 5.74) is 0.519. The van der Waals surface area contributed by atoms with Crippen LogP contribution in [0.25, 0.3) is 0 Å². The van der Waals surface area contributed by atoms with Gasteiger partial charge in [0.25, 0.3) is 0 Å². The molecule has 0 aromatic heterocycles. The van der Waals surface area contributed by atoms with Crippen LogP contribution in [0.2, 0.25) is 0 Å². The van der Waals surface area contributed by atoms with Gasteiger partial charge < -0.3 is 9.47 Å². The van der Waals surface area contributed by atoms with Gasteiger partial charge in [-0.2, -0.15) is 0 Å². The van der Waals surface area contributed by atoms with Crippen LogP contribution >= 0.6 is 0 Å². The maximum atomic E-state index is 12.6. The predicted molar refractivity (Wildman–Crippen MR) is 178 cm³/mol. The van der Waals surface area contributed by atoms with E-state index in [-0.39, 0.29) is 24.8 Å². The average Bonchev–Trinajstić information content (AvgIpc) is 3.01. The molecule has 0 N–H and O–H groups in total. The normalized spacial score (nSPS) is 11.8. The molecule has 1 atom stereocenters. The number of Topliss-reactive ketones (excluding diaryl/α,β-unsaturated/α-hetero) is 1. The number of hydrogen-bond acceptors (Lipinski definition) is 5. The Bertz CT molecular complexity index is 806. The summed E-state index contributed by atoms with van der Waals surface area (Å²) < 4.78 is 11.0. The molecule has 0 aliphatic rings. The molecule has 0 aliphatic carbocycles. The number of esters is 2. The van der Waals surface area contributed by atoms with Gasteiger partial charge in [0.1, 0.15) is 6.10 Å². The maximum absolute atomic E-state index is 12.6. The summed E-state index contributed by atoms with van der Waals surface area (Å²) in [6.45, 7) is 4.21. The van der Waals surface area contributed by atoms with E-state index in [1.165, 1.54) is 109 Å². The minimum Gasteiger partial charge on any atom is -0.462 e. The van der Waals surface area contributed by atoms with Crippen LogP contribution in [0.5, 0.6) is 0 Å². The Morgan fingerprint density at radius 2 is 1.00 bits per heavy atom. The Balaban J connectivity index is 2.31. The van der Waals surface area contributed by atoms with Gasteiger partial charge in [0.2, 0.25) is 0 Å². The van der Waals surface area contributed by atoms with Gasteiger partial charge in [0.15, 0.2) is 12.4 Å². The van der Waals surface area contributed by atoms with Crippen LogP contribution in [0.15, 0.2) is 30.3 Å². The fourth-order valence-corrected chi connectivity index (χ4v) is 5.52. The van der Waals surface area contributed by atoms with Gasteiger partial charge in [-0.25, -0.2) is 0 Å². The molecule has 246 valence electrons. The van der Waals surface area contributed by atoms with Crippen LogP contribution in [0.4, 0.5) is 0 Å². The van der Waals surface area contributed by atoms with Crippen molar-refractivity contribution in [2.24, 2.45) is 0 Å². The van der Waals surface area contributed by atoms with Crippen molar-refractivity contribution >= 4 is 17.7 Å². The fraction of sp³-hybridized carbons (Fsp3) is 0.763. The van der Waals surface area contributed by atoms with Gasteiger partial charge >= 0.3 is 11.9 Å². The maximum Gasteiger partial charge on any atom is 0.310 e. The summed E-state index contributed by atoms with van der Waals surface area (Å²) >= 11 is 0. The van der Waals surface area contributed by atoms with Crippen LogP contribution < -0.4 is 0 Å². The lowest BCUT2D eigenvalue weighted by molar-refractivity contribution is -0.155. The van der Waals surface area contributed by atoms with Crippen molar-refractivity contribution in [1.29, 1.82) is 0 Å². The summed E-state index contributed by atoms with van der Waals surface area (Å²) in [7, 11) is 0. The molecule has 1 unspecified atom stereocenters. The minimum absolute atomic E-state index is 0.00365. The quantitative estimate of drug-likeness (QED) is 0.0499. The highest BCUT2D eigenvalue weighted by atomic mass is 16.6. The third-order valence-electron chi connectivity index (χ3n) is 8.27. The van der Waals surface area contributed by atoms with E-state index in [2.05, 4.69) is 13.8 Å². The van der Waals surface area contributed by atoms with Crippen molar-refractivity contribution in [2.45, 2.75) is 180 Å². The van der Waals surface area contributed by atoms with E-state index in [4.69, 9.17) is 9.47 Å². The third-order valence-corrected chi connectivity index (χ3v) is 8.27. The topological polar surface area (TPSA) is 69.7 Å². The predicted octanol–water partition coefficient (Wildman–Crippen LogP) is 11.1. The zero-order valence-corrected chi connectivity index (χ0v) is 27.9. The molecule has 43 heavy (non-hydrogen) atoms. The zero-order valence-electron chi connectivity index (χ0n) is 27.9. The highest BCUT2D eigenvalue weighted by Crippen LogP contribution is 2.17. The van der Waals surface area contributed by atoms with Crippen LogP contribution in [0.1, 0.15) is 185 Å². The van der Waals surface area contributed by atoms with Crippen molar-refractivity contribution < 1.29 is 23.9 Å². The first-order valence-corrected chi connectivity index (χ1v) is 18.0. The fourth-order valence-electron chi connectivity index (χ4n) is 5.52. The molecular formula is C38H64O5. The number of ether oxygens (including phenoxy) is 2. The van der Waals surface area contributed by atoms with E-state index in [0.29, 0.717) is 18.4 Å². The van der Waals surface area contributed by atoms with Gasteiger partial charge in [-0.15, -0.1) is 0 Å². The molecular weight excluding hydrogens is 536 g/mol. The number of benzene rings is 1. The number of carbonyl (C=O) groups excluding carboxylic acids is 3. The van der Waals surface area contributed by atoms with E-state index in [1.807, 2.05) is 6.07 Å². The van der Waals surface area contributed by atoms with E-state index in [9.17, 15) is 14.4 Å². The molecule has 0 radical (unpaired) electrons. The van der Waals surface area contributed by atoms with E-state index < -0.39 is 12.1 Å². The molecule has 0 saturated heterocycles. The Kier molecular flexibility index (Phi) is 25.8. The van der Waals surface area contributed by atoms with Crippen LogP contribution in [0.3, 0.4) is 0 Å². The lowest BCUT2D eigenvalue weighted by atomic mass is 10.0. The molecule has 0 spiro atoms. The summed E-state index contributed by atoms with van der Waals surface area (Å²) in [6, 6.07) is 8.83. The summed E-state index contributed by atoms with van der Waals surface area (Å²) in [5, 5.41) is 0. The molecule has 0 heterocycles. The number of rotatable bonds is 30. The number of hydrogen-bond donors (Lipinski definition) is 0. The SMILES string of the molecule is CCCCCCCCCCCCCCC(=O)OC(CCCCCCCCCCCC)CC(=O)OCC(=O)c1ccccc1. The summed E-state index contributed by atoms with van der Waals surface area (Å²) in [4.78, 5) is 37.5. The minimum atomic E-state index is -0.488. The van der Waals surface area contributed by atoms with Crippen molar-refractivity contribution in [1.82, 2.24) is 0 Å². The first-order valence-electron chi connectivity index (χ1n) is 18.0. The average molecular weight is 601 g/mol. The zero-order chi connectivity index (χ0) is 31.2. The first-order chi connectivity index (χ1) is 21.1. The van der Waals surface area contributed by atoms with Crippen molar-refractivity contribution in [3.05, 3.63) is 35.9 Å². The smallest absolute Gasteiger partial charge is 0.310 e. The van der Waals surface area contributed by atoms with Crippen molar-refractivity contribution in [3.63, 3.8) is 0 Å². The largest absolute Gasteiger partial charge is 0.462 e. The molecule has 0 bridgehead atoms. The Labute approximate surface area is 264 Å². The molecule has 5 nitrogen and oxygen atoms in total. The highest BCUT2D eigenvalue weighted by molar-refractivity contribution is 5.97. The Morgan fingerprint density at radius 3 is 1.49 bits per heavy atom. The van der Waals surface area contributed by atoms with Crippen LogP contribution in [-0.4, -0.2) is 30.4 Å². The molecule has 1 aromatic rings. The number of unbranched alkanes of at least 4 members (excludes halogenated alkanes) is 20. The summed E-state index contributed by atoms with van der Waals surface area (Å²) in [5.74, 6) is -0.944. The molecule has 0 fully saturated rings. The van der Waals surface area contributed by atoms with Gasteiger partial charge in [-0.3, -0.25) is 14.4 Å². The standard InChI is InChI=1S/C38H64O5/c1-3-5-7-9-11-13-15-16-18-20-22-27-31-37(40)43-35(30-26-21-19-17-14-12-10-8-6-4-2)32-38(41)42-33-36(39)34-28-24-23-25-29-34/h23-25,28-29,35H,3-22,26-27,30-33H2,1-2H3. The Morgan fingerprint density at radius 1 is 0.558 bits per heavy atom. The van der Waals surface area contributed by atoms with Crippen LogP contribution in [-0.2, 0) is 19.1 Å². The lowest BCUT2D eigenvalue weighted by Crippen LogP contribution is -2.24. The monoisotopic (exact) mass is 600 g/mol. The lowest BCUT2D eigenvalue weighted by Gasteiger charge is -2.17. The second-order valence-electron chi connectivity index (χ2n) is 12.4. The van der Waals surface area contributed by atoms with Gasteiger partial charge in [-0.1, -0.05) is 173 Å². The van der Waals surface area contributed by atoms with Gasteiger partial charge in [0.05, 0.1) is 6.42 Å². The van der Waals surface area contributed by atoms with E-state index in [0.717, 1.165) is 32.1 Å². The number of carbonyl (C=O) groups is 3. The first kappa shape index (κ1) is 38.9. The summed E-state index contributed by atoms with van der Waals surface area (Å²) in [6.07, 6.45) is 27.8. The Hall–Kier alpha value is -2.17. The molecule has 0 amide bonds. The molecule has 1 aromatic carbocycles. The molecule has 1 rings (SSSR count). The van der Waals surface area contributed by atoms with Crippen LogP contribution in [0, 0.1) is 0 Å². The molecule has 0 saturated carbocycles. The number of ketones is 1. The molecule has 5 heteroatoms. The van der Waals surface area contributed by atoms with E-state index in [1.54, 1.807) is 24.3 Å². The van der Waals surface area contributed by atoms with Gasteiger partial charge in [-0.05, 0) is 19.3 Å².